The zero-order valence-electron chi connectivity index (χ0n) is 9.97. The Balaban J connectivity index is 3.01. The van der Waals surface area contributed by atoms with Crippen LogP contribution < -0.4 is 0 Å². The van der Waals surface area contributed by atoms with Crippen LogP contribution in [0.5, 0.6) is 0 Å². The number of hydrogen-bond donors (Lipinski definition) is 0. The number of rotatable bonds is 2. The Hall–Kier alpha value is -1.50. The lowest BCUT2D eigenvalue weighted by Crippen LogP contribution is -2.17. The standard InChI is InChI=1S/C13H14F3N/c1-9(12(2,3)8-17)10-4-6-11(7-5-10)13(14,15)16/h4-7,9H,1-3H3. The van der Waals surface area contributed by atoms with Gasteiger partial charge in [0.25, 0.3) is 0 Å². The zero-order valence-corrected chi connectivity index (χ0v) is 9.97. The van der Waals surface area contributed by atoms with Crippen molar-refractivity contribution in [3.8, 4) is 6.07 Å². The fourth-order valence-corrected chi connectivity index (χ4v) is 1.47. The molecule has 1 unspecified atom stereocenters. The van der Waals surface area contributed by atoms with Gasteiger partial charge in [-0.15, -0.1) is 0 Å². The van der Waals surface area contributed by atoms with Gasteiger partial charge in [0.05, 0.1) is 17.0 Å². The molecule has 0 radical (unpaired) electrons. The SMILES string of the molecule is CC(c1ccc(C(F)(F)F)cc1)C(C)(C)C#N. The molecule has 0 N–H and O–H groups in total. The van der Waals surface area contributed by atoms with Crippen LogP contribution in [0.4, 0.5) is 13.2 Å². The summed E-state index contributed by atoms with van der Waals surface area (Å²) < 4.78 is 37.1. The highest BCUT2D eigenvalue weighted by molar-refractivity contribution is 5.29. The van der Waals surface area contributed by atoms with Crippen molar-refractivity contribution in [1.82, 2.24) is 0 Å². The van der Waals surface area contributed by atoms with Gasteiger partial charge in [0.1, 0.15) is 0 Å². The average molecular weight is 241 g/mol. The van der Waals surface area contributed by atoms with Crippen LogP contribution in [0.25, 0.3) is 0 Å². The first-order valence-electron chi connectivity index (χ1n) is 5.27. The summed E-state index contributed by atoms with van der Waals surface area (Å²) in [6, 6.07) is 7.15. The maximum Gasteiger partial charge on any atom is 0.416 e. The van der Waals surface area contributed by atoms with Crippen LogP contribution in [0.15, 0.2) is 24.3 Å². The molecule has 0 saturated heterocycles. The van der Waals surface area contributed by atoms with Crippen molar-refractivity contribution in [2.45, 2.75) is 32.9 Å². The second-order valence-electron chi connectivity index (χ2n) is 4.67. The molecule has 0 bridgehead atoms. The largest absolute Gasteiger partial charge is 0.416 e. The number of alkyl halides is 3. The Kier molecular flexibility index (Phi) is 3.51. The highest BCUT2D eigenvalue weighted by atomic mass is 19.4. The average Bonchev–Trinajstić information content (AvgIpc) is 2.27. The number of benzene rings is 1. The Morgan fingerprint density at radius 3 is 1.94 bits per heavy atom. The smallest absolute Gasteiger partial charge is 0.198 e. The highest BCUT2D eigenvalue weighted by Gasteiger charge is 2.31. The van der Waals surface area contributed by atoms with Gasteiger partial charge in [0, 0.05) is 0 Å². The normalized spacial score (nSPS) is 14.2. The predicted octanol–water partition coefficient (Wildman–Crippen LogP) is 4.36. The molecule has 0 aromatic heterocycles. The van der Waals surface area contributed by atoms with Crippen LogP contribution in [-0.2, 0) is 6.18 Å². The predicted molar refractivity (Wildman–Crippen MR) is 59.3 cm³/mol. The molecule has 1 rings (SSSR count). The topological polar surface area (TPSA) is 23.8 Å². The molecule has 17 heavy (non-hydrogen) atoms. The summed E-state index contributed by atoms with van der Waals surface area (Å²) in [6.07, 6.45) is -4.31. The van der Waals surface area contributed by atoms with Crippen molar-refractivity contribution in [2.24, 2.45) is 5.41 Å². The fourth-order valence-electron chi connectivity index (χ4n) is 1.47. The molecule has 4 heteroatoms. The van der Waals surface area contributed by atoms with E-state index in [1.165, 1.54) is 12.1 Å². The molecular weight excluding hydrogens is 227 g/mol. The monoisotopic (exact) mass is 241 g/mol. The molecule has 0 saturated carbocycles. The van der Waals surface area contributed by atoms with E-state index >= 15 is 0 Å². The summed E-state index contributed by atoms with van der Waals surface area (Å²) >= 11 is 0. The van der Waals surface area contributed by atoms with E-state index < -0.39 is 17.2 Å². The second kappa shape index (κ2) is 4.40. The van der Waals surface area contributed by atoms with Crippen LogP contribution in [0.2, 0.25) is 0 Å². The van der Waals surface area contributed by atoms with Gasteiger partial charge in [-0.2, -0.15) is 18.4 Å². The van der Waals surface area contributed by atoms with Crippen molar-refractivity contribution in [2.75, 3.05) is 0 Å². The van der Waals surface area contributed by atoms with E-state index in [4.69, 9.17) is 5.26 Å². The first kappa shape index (κ1) is 13.6. The summed E-state index contributed by atoms with van der Waals surface area (Å²) in [5, 5.41) is 8.98. The number of nitrogens with zero attached hydrogens (tertiary/aromatic N) is 1. The first-order chi connectivity index (χ1) is 7.68. The third-order valence-corrected chi connectivity index (χ3v) is 3.11. The van der Waals surface area contributed by atoms with E-state index in [1.54, 1.807) is 13.8 Å². The fraction of sp³-hybridized carbons (Fsp3) is 0.462. The van der Waals surface area contributed by atoms with Gasteiger partial charge in [-0.3, -0.25) is 0 Å². The van der Waals surface area contributed by atoms with Gasteiger partial charge in [-0.1, -0.05) is 19.1 Å². The van der Waals surface area contributed by atoms with Crippen LogP contribution in [0.1, 0.15) is 37.8 Å². The molecule has 92 valence electrons. The van der Waals surface area contributed by atoms with E-state index in [2.05, 4.69) is 6.07 Å². The highest BCUT2D eigenvalue weighted by Crippen LogP contribution is 2.36. The van der Waals surface area contributed by atoms with Gasteiger partial charge in [-0.25, -0.2) is 0 Å². The first-order valence-corrected chi connectivity index (χ1v) is 5.27. The Labute approximate surface area is 98.9 Å². The number of hydrogen-bond acceptors (Lipinski definition) is 1. The lowest BCUT2D eigenvalue weighted by Gasteiger charge is -2.24. The molecule has 0 amide bonds. The number of halogens is 3. The molecular formula is C13H14F3N. The summed E-state index contributed by atoms with van der Waals surface area (Å²) in [6.45, 7) is 5.39. The van der Waals surface area contributed by atoms with Crippen molar-refractivity contribution in [1.29, 1.82) is 5.26 Å². The van der Waals surface area contributed by atoms with Gasteiger partial charge < -0.3 is 0 Å². The molecule has 1 nitrogen and oxygen atoms in total. The summed E-state index contributed by atoms with van der Waals surface area (Å²) in [5.41, 5.74) is -0.521. The quantitative estimate of drug-likeness (QED) is 0.754. The van der Waals surface area contributed by atoms with E-state index in [9.17, 15) is 13.2 Å². The molecule has 0 fully saturated rings. The minimum Gasteiger partial charge on any atom is -0.198 e. The molecule has 0 aliphatic rings. The molecule has 0 heterocycles. The third kappa shape index (κ3) is 3.00. The van der Waals surface area contributed by atoms with E-state index in [-0.39, 0.29) is 5.92 Å². The molecule has 0 aliphatic heterocycles. The molecule has 0 aliphatic carbocycles. The van der Waals surface area contributed by atoms with Gasteiger partial charge in [0.15, 0.2) is 0 Å². The Bertz CT molecular complexity index is 423. The van der Waals surface area contributed by atoms with Crippen LogP contribution >= 0.6 is 0 Å². The summed E-state index contributed by atoms with van der Waals surface area (Å²) in [4.78, 5) is 0. The molecule has 1 aromatic rings. The minimum absolute atomic E-state index is 0.116. The van der Waals surface area contributed by atoms with Gasteiger partial charge in [0.2, 0.25) is 0 Å². The summed E-state index contributed by atoms with van der Waals surface area (Å²) in [5.74, 6) is -0.116. The van der Waals surface area contributed by atoms with E-state index in [0.29, 0.717) is 0 Å². The van der Waals surface area contributed by atoms with Gasteiger partial charge in [-0.05, 0) is 37.5 Å². The molecule has 0 spiro atoms. The second-order valence-corrected chi connectivity index (χ2v) is 4.67. The maximum atomic E-state index is 12.4. The van der Waals surface area contributed by atoms with E-state index in [1.807, 2.05) is 6.92 Å². The Morgan fingerprint density at radius 2 is 1.59 bits per heavy atom. The van der Waals surface area contributed by atoms with Crippen LogP contribution in [0, 0.1) is 16.7 Å². The third-order valence-electron chi connectivity index (χ3n) is 3.11. The van der Waals surface area contributed by atoms with E-state index in [0.717, 1.165) is 17.7 Å². The van der Waals surface area contributed by atoms with Crippen molar-refractivity contribution >= 4 is 0 Å². The summed E-state index contributed by atoms with van der Waals surface area (Å²) in [7, 11) is 0. The zero-order chi connectivity index (χ0) is 13.3. The number of nitriles is 1. The van der Waals surface area contributed by atoms with Crippen molar-refractivity contribution in [3.05, 3.63) is 35.4 Å². The van der Waals surface area contributed by atoms with Crippen LogP contribution in [-0.4, -0.2) is 0 Å². The van der Waals surface area contributed by atoms with Crippen LogP contribution in [0.3, 0.4) is 0 Å². The van der Waals surface area contributed by atoms with Crippen molar-refractivity contribution in [3.63, 3.8) is 0 Å². The van der Waals surface area contributed by atoms with Crippen molar-refractivity contribution < 1.29 is 13.2 Å². The lowest BCUT2D eigenvalue weighted by molar-refractivity contribution is -0.137. The maximum absolute atomic E-state index is 12.4. The molecule has 1 aromatic carbocycles. The minimum atomic E-state index is -4.31. The molecule has 1 atom stereocenters. The lowest BCUT2D eigenvalue weighted by atomic mass is 9.77. The Morgan fingerprint density at radius 1 is 1.12 bits per heavy atom. The van der Waals surface area contributed by atoms with Gasteiger partial charge >= 0.3 is 6.18 Å².